The molecule has 20 heavy (non-hydrogen) atoms. The molecule has 0 atom stereocenters. The van der Waals surface area contributed by atoms with Gasteiger partial charge in [-0.1, -0.05) is 19.3 Å². The Morgan fingerprint density at radius 3 is 2.45 bits per heavy atom. The van der Waals surface area contributed by atoms with Crippen LogP contribution in [0.15, 0.2) is 0 Å². The predicted octanol–water partition coefficient (Wildman–Crippen LogP) is -0.969. The van der Waals surface area contributed by atoms with Gasteiger partial charge in [0.05, 0.1) is 12.8 Å². The zero-order valence-corrected chi connectivity index (χ0v) is 15.3. The fourth-order valence-electron chi connectivity index (χ4n) is 2.28. The Morgan fingerprint density at radius 2 is 1.95 bits per heavy atom. The molecule has 1 saturated carbocycles. The van der Waals surface area contributed by atoms with E-state index in [9.17, 15) is 9.36 Å². The Morgan fingerprint density at radius 1 is 1.35 bits per heavy atom. The molecule has 1 rings (SSSR count). The number of carbonyl (C=O) groups excluding carboxylic acids is 1. The van der Waals surface area contributed by atoms with Gasteiger partial charge in [0, 0.05) is 13.5 Å². The minimum Gasteiger partial charge on any atom is -1.00 e. The number of amides is 1. The van der Waals surface area contributed by atoms with Gasteiger partial charge in [-0.15, -0.1) is 0 Å². The maximum Gasteiger partial charge on any atom is 1.00 e. The van der Waals surface area contributed by atoms with Crippen molar-refractivity contribution >= 4 is 13.5 Å². The fraction of sp³-hybridized carbons (Fsp3) is 0.917. The molecule has 8 heteroatoms. The predicted molar refractivity (Wildman–Crippen MR) is 72.6 cm³/mol. The number of hydrogen-bond acceptors (Lipinski definition) is 3. The van der Waals surface area contributed by atoms with Crippen molar-refractivity contribution in [2.24, 2.45) is 5.92 Å². The van der Waals surface area contributed by atoms with Crippen LogP contribution in [0.5, 0.6) is 0 Å². The second-order valence-electron chi connectivity index (χ2n) is 5.16. The maximum absolute atomic E-state index is 11.4. The van der Waals surface area contributed by atoms with Crippen LogP contribution in [0.2, 0.25) is 0 Å². The van der Waals surface area contributed by atoms with Crippen LogP contribution in [0, 0.1) is 5.92 Å². The topological polar surface area (TPSA) is 87.1 Å². The monoisotopic (exact) mass is 317 g/mol. The van der Waals surface area contributed by atoms with Gasteiger partial charge >= 0.3 is 37.2 Å². The summed E-state index contributed by atoms with van der Waals surface area (Å²) in [6, 6.07) is 0. The normalized spacial score (nSPS) is 16.6. The molecule has 1 fully saturated rings. The van der Waals surface area contributed by atoms with Gasteiger partial charge in [-0.05, 0) is 25.2 Å². The maximum atomic E-state index is 11.4. The zero-order valence-electron chi connectivity index (χ0n) is 13.5. The van der Waals surface area contributed by atoms with E-state index in [1.165, 1.54) is 31.2 Å². The molecular formula is C12H25NNaO5P. The molecule has 114 valence electrons. The minimum absolute atomic E-state index is 0. The molecule has 0 aromatic carbocycles. The zero-order chi connectivity index (χ0) is 14.3. The second-order valence-corrected chi connectivity index (χ2v) is 6.94. The average molecular weight is 317 g/mol. The Balaban J connectivity index is 0. The molecule has 0 heterocycles. The van der Waals surface area contributed by atoms with Crippen LogP contribution in [-0.2, 0) is 14.2 Å². The molecule has 2 N–H and O–H groups in total. The van der Waals surface area contributed by atoms with Crippen molar-refractivity contribution in [3.05, 3.63) is 0 Å². The molecule has 0 aromatic heterocycles. The van der Waals surface area contributed by atoms with Crippen LogP contribution in [-0.4, -0.2) is 40.1 Å². The first kappa shape index (κ1) is 20.6. The van der Waals surface area contributed by atoms with Gasteiger partial charge in [0.25, 0.3) is 0 Å². The minimum atomic E-state index is -3.99. The van der Waals surface area contributed by atoms with E-state index < -0.39 is 7.60 Å². The van der Waals surface area contributed by atoms with Crippen LogP contribution in [0.1, 0.15) is 46.9 Å². The van der Waals surface area contributed by atoms with Crippen LogP contribution >= 0.6 is 7.60 Å². The Kier molecular flexibility index (Phi) is 10.6. The molecule has 1 aliphatic carbocycles. The van der Waals surface area contributed by atoms with Crippen molar-refractivity contribution in [1.82, 2.24) is 5.06 Å². The second kappa shape index (κ2) is 10.3. The summed E-state index contributed by atoms with van der Waals surface area (Å²) in [5.74, 6) is 0.277. The number of hydroxylamine groups is 2. The van der Waals surface area contributed by atoms with Crippen molar-refractivity contribution < 1.29 is 55.0 Å². The van der Waals surface area contributed by atoms with Gasteiger partial charge in [-0.3, -0.25) is 14.2 Å². The summed E-state index contributed by atoms with van der Waals surface area (Å²) in [4.78, 5) is 34.4. The third kappa shape index (κ3) is 9.50. The van der Waals surface area contributed by atoms with E-state index in [-0.39, 0.29) is 56.0 Å². The van der Waals surface area contributed by atoms with Gasteiger partial charge < -0.3 is 11.2 Å². The fourth-order valence-corrected chi connectivity index (χ4v) is 2.84. The van der Waals surface area contributed by atoms with E-state index in [1.54, 1.807) is 0 Å². The molecule has 0 unspecified atom stereocenters. The first-order valence-corrected chi connectivity index (χ1v) is 8.64. The summed E-state index contributed by atoms with van der Waals surface area (Å²) >= 11 is 0. The first-order valence-electron chi connectivity index (χ1n) is 6.84. The van der Waals surface area contributed by atoms with Gasteiger partial charge in [0.2, 0.25) is 5.91 Å². The SMILES string of the molecule is CC(=O)N(CCCP(=O)(O)O)OCC1CCCCC1.[H-].[Na+]. The van der Waals surface area contributed by atoms with Gasteiger partial charge in [0.1, 0.15) is 0 Å². The van der Waals surface area contributed by atoms with Gasteiger partial charge in [-0.25, -0.2) is 5.06 Å². The number of rotatable bonds is 7. The summed E-state index contributed by atoms with van der Waals surface area (Å²) < 4.78 is 10.7. The molecule has 0 saturated heterocycles. The molecule has 0 aliphatic heterocycles. The summed E-state index contributed by atoms with van der Waals surface area (Å²) in [7, 11) is -3.99. The Labute approximate surface area is 144 Å². The van der Waals surface area contributed by atoms with E-state index in [0.717, 1.165) is 12.8 Å². The molecule has 1 amide bonds. The average Bonchev–Trinajstić information content (AvgIpc) is 2.33. The summed E-state index contributed by atoms with van der Waals surface area (Å²) in [6.45, 7) is 2.15. The van der Waals surface area contributed by atoms with Crippen LogP contribution in [0.4, 0.5) is 0 Å². The molecule has 1 aliphatic rings. The largest absolute Gasteiger partial charge is 1.00 e. The summed E-state index contributed by atoms with van der Waals surface area (Å²) in [5, 5.41) is 1.23. The molecule has 0 radical (unpaired) electrons. The number of carbonyl (C=O) groups is 1. The van der Waals surface area contributed by atoms with Crippen molar-refractivity contribution in [3.63, 3.8) is 0 Å². The van der Waals surface area contributed by atoms with Crippen molar-refractivity contribution in [3.8, 4) is 0 Å². The Hall–Kier alpha value is 0.580. The third-order valence-corrected chi connectivity index (χ3v) is 4.25. The van der Waals surface area contributed by atoms with Gasteiger partial charge in [-0.2, -0.15) is 0 Å². The smallest absolute Gasteiger partial charge is 1.00 e. The van der Waals surface area contributed by atoms with Crippen molar-refractivity contribution in [1.29, 1.82) is 0 Å². The van der Waals surface area contributed by atoms with Gasteiger partial charge in [0.15, 0.2) is 0 Å². The molecule has 0 bridgehead atoms. The van der Waals surface area contributed by atoms with Crippen LogP contribution in [0.3, 0.4) is 0 Å². The van der Waals surface area contributed by atoms with Crippen molar-refractivity contribution in [2.45, 2.75) is 45.4 Å². The molecule has 0 aromatic rings. The standard InChI is InChI=1S/C12H24NO5P.Na.H/c1-11(14)13(8-5-9-19(15,16)17)18-10-12-6-3-2-4-7-12;;/h12H,2-10H2,1H3,(H2,15,16,17);;/q;+1;-1. The first-order chi connectivity index (χ1) is 8.88. The van der Waals surface area contributed by atoms with E-state index in [2.05, 4.69) is 0 Å². The van der Waals surface area contributed by atoms with E-state index >= 15 is 0 Å². The quantitative estimate of drug-likeness (QED) is 0.358. The number of nitrogens with zero attached hydrogens (tertiary/aromatic N) is 1. The summed E-state index contributed by atoms with van der Waals surface area (Å²) in [6.07, 6.45) is 5.99. The molecule has 0 spiro atoms. The van der Waals surface area contributed by atoms with E-state index in [1.807, 2.05) is 0 Å². The van der Waals surface area contributed by atoms with Crippen molar-refractivity contribution in [2.75, 3.05) is 19.3 Å². The van der Waals surface area contributed by atoms with E-state index in [0.29, 0.717) is 12.5 Å². The van der Waals surface area contributed by atoms with Crippen LogP contribution in [0.25, 0.3) is 0 Å². The number of hydrogen-bond donors (Lipinski definition) is 2. The third-order valence-electron chi connectivity index (χ3n) is 3.35. The Bertz CT molecular complexity index is 336. The van der Waals surface area contributed by atoms with Crippen LogP contribution < -0.4 is 29.6 Å². The summed E-state index contributed by atoms with van der Waals surface area (Å²) in [5.41, 5.74) is 0. The molecule has 6 nitrogen and oxygen atoms in total. The van der Waals surface area contributed by atoms with E-state index in [4.69, 9.17) is 14.6 Å². The molecular weight excluding hydrogens is 292 g/mol.